The fraction of sp³-hybridized carbons (Fsp3) is 0.348. The third kappa shape index (κ3) is 3.73. The number of piperazine rings is 1. The molecule has 0 spiro atoms. The summed E-state index contributed by atoms with van der Waals surface area (Å²) >= 11 is 0. The van der Waals surface area contributed by atoms with Gasteiger partial charge in [-0.2, -0.15) is 0 Å². The first-order valence-corrected chi connectivity index (χ1v) is 9.85. The van der Waals surface area contributed by atoms with E-state index in [-0.39, 0.29) is 6.04 Å². The topological polar surface area (TPSA) is 55.9 Å². The molecule has 152 valence electrons. The van der Waals surface area contributed by atoms with Crippen LogP contribution < -0.4 is 19.5 Å². The molecule has 6 nitrogen and oxygen atoms in total. The quantitative estimate of drug-likeness (QED) is 0.694. The Morgan fingerprint density at radius 2 is 1.69 bits per heavy atom. The van der Waals surface area contributed by atoms with Gasteiger partial charge in [0.1, 0.15) is 0 Å². The molecule has 0 radical (unpaired) electrons. The molecule has 1 N–H and O–H groups in total. The fourth-order valence-electron chi connectivity index (χ4n) is 4.10. The average molecular weight is 393 g/mol. The number of ether oxygens (including phenoxy) is 3. The van der Waals surface area contributed by atoms with E-state index in [4.69, 9.17) is 19.2 Å². The molecule has 3 aromatic rings. The summed E-state index contributed by atoms with van der Waals surface area (Å²) in [6.45, 7) is 3.78. The van der Waals surface area contributed by atoms with E-state index >= 15 is 0 Å². The van der Waals surface area contributed by atoms with Crippen molar-refractivity contribution in [3.63, 3.8) is 0 Å². The summed E-state index contributed by atoms with van der Waals surface area (Å²) < 4.78 is 17.0. The second-order valence-corrected chi connectivity index (χ2v) is 7.07. The molecule has 29 heavy (non-hydrogen) atoms. The zero-order valence-corrected chi connectivity index (χ0v) is 17.1. The highest BCUT2D eigenvalue weighted by atomic mass is 16.5. The van der Waals surface area contributed by atoms with Gasteiger partial charge >= 0.3 is 0 Å². The molecule has 0 aliphatic carbocycles. The Kier molecular flexibility index (Phi) is 5.83. The van der Waals surface area contributed by atoms with Crippen molar-refractivity contribution in [1.29, 1.82) is 0 Å². The number of rotatable bonds is 6. The maximum absolute atomic E-state index is 5.82. The molecular formula is C23H27N3O3. The van der Waals surface area contributed by atoms with E-state index in [1.165, 1.54) is 0 Å². The molecule has 2 aromatic carbocycles. The van der Waals surface area contributed by atoms with Crippen LogP contribution in [0.25, 0.3) is 10.9 Å². The summed E-state index contributed by atoms with van der Waals surface area (Å²) in [5.74, 6) is 1.97. The van der Waals surface area contributed by atoms with Gasteiger partial charge in [0, 0.05) is 43.3 Å². The standard InChI is InChI=1S/C23H27N3O3/c1-27-20-9-8-18(22(28-2)23(20)29-3)21(26-12-10-24-11-13-26)17-14-16-6-4-5-7-19(16)25-15-17/h4-9,14-15,21,24H,10-13H2,1-3H3. The zero-order valence-electron chi connectivity index (χ0n) is 17.1. The number of fused-ring (bicyclic) bond motifs is 1. The number of benzene rings is 2. The normalized spacial score (nSPS) is 15.8. The molecule has 1 aliphatic heterocycles. The van der Waals surface area contributed by atoms with Gasteiger partial charge in [-0.3, -0.25) is 9.88 Å². The maximum atomic E-state index is 5.82. The van der Waals surface area contributed by atoms with Crippen molar-refractivity contribution in [3.05, 3.63) is 59.8 Å². The molecule has 1 unspecified atom stereocenters. The summed E-state index contributed by atoms with van der Waals surface area (Å²) in [6.07, 6.45) is 1.98. The number of methoxy groups -OCH3 is 3. The zero-order chi connectivity index (χ0) is 20.2. The van der Waals surface area contributed by atoms with Crippen LogP contribution in [0.4, 0.5) is 0 Å². The fourth-order valence-corrected chi connectivity index (χ4v) is 4.10. The Hall–Kier alpha value is -2.83. The van der Waals surface area contributed by atoms with Crippen LogP contribution in [0.3, 0.4) is 0 Å². The van der Waals surface area contributed by atoms with Gasteiger partial charge in [0.05, 0.1) is 32.9 Å². The van der Waals surface area contributed by atoms with Crippen LogP contribution in [0.5, 0.6) is 17.2 Å². The predicted octanol–water partition coefficient (Wildman–Crippen LogP) is 3.26. The molecule has 0 amide bonds. The van der Waals surface area contributed by atoms with Crippen LogP contribution in [-0.4, -0.2) is 57.4 Å². The van der Waals surface area contributed by atoms with Crippen molar-refractivity contribution in [1.82, 2.24) is 15.2 Å². The lowest BCUT2D eigenvalue weighted by atomic mass is 9.95. The molecule has 2 heterocycles. The number of aromatic nitrogens is 1. The second-order valence-electron chi connectivity index (χ2n) is 7.07. The lowest BCUT2D eigenvalue weighted by molar-refractivity contribution is 0.194. The van der Waals surface area contributed by atoms with Crippen molar-refractivity contribution in [2.75, 3.05) is 47.5 Å². The van der Waals surface area contributed by atoms with Crippen LogP contribution in [0, 0.1) is 0 Å². The molecule has 4 rings (SSSR count). The van der Waals surface area contributed by atoms with Crippen LogP contribution in [0.1, 0.15) is 17.2 Å². The Bertz CT molecular complexity index is 986. The van der Waals surface area contributed by atoms with Gasteiger partial charge in [-0.15, -0.1) is 0 Å². The predicted molar refractivity (Wildman–Crippen MR) is 114 cm³/mol. The Labute approximate surface area is 171 Å². The van der Waals surface area contributed by atoms with Gasteiger partial charge in [-0.25, -0.2) is 0 Å². The van der Waals surface area contributed by atoms with Gasteiger partial charge in [-0.1, -0.05) is 18.2 Å². The van der Waals surface area contributed by atoms with Crippen molar-refractivity contribution in [2.24, 2.45) is 0 Å². The van der Waals surface area contributed by atoms with Gasteiger partial charge in [-0.05, 0) is 29.8 Å². The van der Waals surface area contributed by atoms with E-state index in [2.05, 4.69) is 28.4 Å². The minimum Gasteiger partial charge on any atom is -0.493 e. The number of pyridine rings is 1. The van der Waals surface area contributed by atoms with Crippen LogP contribution in [0.15, 0.2) is 48.7 Å². The van der Waals surface area contributed by atoms with Gasteiger partial charge in [0.15, 0.2) is 11.5 Å². The molecule has 0 saturated carbocycles. The summed E-state index contributed by atoms with van der Waals surface area (Å²) in [5, 5.41) is 4.57. The van der Waals surface area contributed by atoms with E-state index in [1.807, 2.05) is 30.5 Å². The third-order valence-corrected chi connectivity index (χ3v) is 5.47. The van der Waals surface area contributed by atoms with Crippen LogP contribution in [-0.2, 0) is 0 Å². The van der Waals surface area contributed by atoms with E-state index < -0.39 is 0 Å². The molecule has 0 bridgehead atoms. The molecule has 1 fully saturated rings. The summed E-state index contributed by atoms with van der Waals surface area (Å²) in [5.41, 5.74) is 3.18. The first-order valence-electron chi connectivity index (χ1n) is 9.85. The number of hydrogen-bond acceptors (Lipinski definition) is 6. The summed E-state index contributed by atoms with van der Waals surface area (Å²) in [7, 11) is 4.95. The van der Waals surface area contributed by atoms with Crippen molar-refractivity contribution < 1.29 is 14.2 Å². The molecule has 1 aromatic heterocycles. The number of nitrogens with zero attached hydrogens (tertiary/aromatic N) is 2. The lowest BCUT2D eigenvalue weighted by Gasteiger charge is -2.36. The smallest absolute Gasteiger partial charge is 0.203 e. The minimum atomic E-state index is 0.00367. The van der Waals surface area contributed by atoms with E-state index in [0.29, 0.717) is 17.2 Å². The summed E-state index contributed by atoms with van der Waals surface area (Å²) in [6, 6.07) is 14.4. The first-order chi connectivity index (χ1) is 14.3. The number of hydrogen-bond donors (Lipinski definition) is 1. The maximum Gasteiger partial charge on any atom is 0.203 e. The Balaban J connectivity index is 1.88. The number of para-hydroxylation sites is 1. The van der Waals surface area contributed by atoms with E-state index in [0.717, 1.165) is 48.2 Å². The Morgan fingerprint density at radius 3 is 2.41 bits per heavy atom. The highest BCUT2D eigenvalue weighted by Gasteiger charge is 2.29. The van der Waals surface area contributed by atoms with Gasteiger partial charge in [0.25, 0.3) is 0 Å². The van der Waals surface area contributed by atoms with Gasteiger partial charge < -0.3 is 19.5 Å². The molecule has 1 saturated heterocycles. The first kappa shape index (κ1) is 19.5. The summed E-state index contributed by atoms with van der Waals surface area (Å²) in [4.78, 5) is 7.18. The monoisotopic (exact) mass is 393 g/mol. The largest absolute Gasteiger partial charge is 0.493 e. The molecule has 1 atom stereocenters. The second kappa shape index (κ2) is 8.68. The van der Waals surface area contributed by atoms with E-state index in [1.54, 1.807) is 21.3 Å². The van der Waals surface area contributed by atoms with Crippen molar-refractivity contribution in [3.8, 4) is 17.2 Å². The number of nitrogens with one attached hydrogen (secondary N) is 1. The van der Waals surface area contributed by atoms with Crippen LogP contribution in [0.2, 0.25) is 0 Å². The van der Waals surface area contributed by atoms with Crippen LogP contribution >= 0.6 is 0 Å². The average Bonchev–Trinajstić information content (AvgIpc) is 2.79. The van der Waals surface area contributed by atoms with E-state index in [9.17, 15) is 0 Å². The Morgan fingerprint density at radius 1 is 0.931 bits per heavy atom. The van der Waals surface area contributed by atoms with Crippen molar-refractivity contribution >= 4 is 10.9 Å². The minimum absolute atomic E-state index is 0.00367. The van der Waals surface area contributed by atoms with Gasteiger partial charge in [0.2, 0.25) is 5.75 Å². The molecule has 6 heteroatoms. The SMILES string of the molecule is COc1ccc(C(c2cnc3ccccc3c2)N2CCNCC2)c(OC)c1OC. The lowest BCUT2D eigenvalue weighted by Crippen LogP contribution is -2.45. The highest BCUT2D eigenvalue weighted by molar-refractivity contribution is 5.79. The molecular weight excluding hydrogens is 366 g/mol. The molecule has 1 aliphatic rings. The van der Waals surface area contributed by atoms with Crippen molar-refractivity contribution in [2.45, 2.75) is 6.04 Å². The highest BCUT2D eigenvalue weighted by Crippen LogP contribution is 2.45. The third-order valence-electron chi connectivity index (χ3n) is 5.47.